The Morgan fingerprint density at radius 2 is 1.51 bits per heavy atom. The molecule has 1 aliphatic heterocycles. The third kappa shape index (κ3) is 8.65. The fourth-order valence-corrected chi connectivity index (χ4v) is 10.3. The second-order valence-electron chi connectivity index (χ2n) is 9.65. The number of unbranched alkanes of at least 4 members (excludes halogenated alkanes) is 1. The molecule has 0 saturated carbocycles. The third-order valence-corrected chi connectivity index (χ3v) is 12.3. The SMILES string of the molecule is CCCCC1CC([Se]c2ccccc2)(C(CCC(Sc2ccccc2)Sc2ccccc2)OC(C)=O)C(=O)O1. The van der Waals surface area contributed by atoms with E-state index in [-0.39, 0.29) is 37.6 Å². The van der Waals surface area contributed by atoms with Crippen molar-refractivity contribution in [2.45, 2.75) is 83.3 Å². The molecule has 206 valence electrons. The van der Waals surface area contributed by atoms with E-state index in [0.29, 0.717) is 12.8 Å². The molecular weight excluding hydrogens is 591 g/mol. The van der Waals surface area contributed by atoms with E-state index in [4.69, 9.17) is 9.47 Å². The number of carbonyl (C=O) groups excluding carboxylic acids is 2. The number of cyclic esters (lactones) is 1. The number of thioether (sulfide) groups is 2. The molecule has 3 atom stereocenters. The zero-order valence-electron chi connectivity index (χ0n) is 22.5. The molecule has 1 aliphatic rings. The van der Waals surface area contributed by atoms with Gasteiger partial charge in [-0.2, -0.15) is 0 Å². The Balaban J connectivity index is 1.61. The summed E-state index contributed by atoms with van der Waals surface area (Å²) in [7, 11) is 0. The molecule has 0 N–H and O–H groups in total. The van der Waals surface area contributed by atoms with Crippen LogP contribution >= 0.6 is 23.5 Å². The maximum atomic E-state index is 13.7. The normalized spacial score (nSPS) is 19.6. The van der Waals surface area contributed by atoms with Crippen LogP contribution in [0.15, 0.2) is 101 Å². The maximum absolute atomic E-state index is 13.7. The van der Waals surface area contributed by atoms with Crippen molar-refractivity contribution in [1.82, 2.24) is 0 Å². The minimum absolute atomic E-state index is 0.130. The zero-order chi connectivity index (χ0) is 27.5. The summed E-state index contributed by atoms with van der Waals surface area (Å²) < 4.78 is 12.5. The predicted octanol–water partition coefficient (Wildman–Crippen LogP) is 7.30. The van der Waals surface area contributed by atoms with Gasteiger partial charge < -0.3 is 0 Å². The van der Waals surface area contributed by atoms with Gasteiger partial charge in [-0.3, -0.25) is 0 Å². The van der Waals surface area contributed by atoms with E-state index in [2.05, 4.69) is 67.6 Å². The van der Waals surface area contributed by atoms with Gasteiger partial charge in [-0.15, -0.1) is 0 Å². The Bertz CT molecular complexity index is 1140. The van der Waals surface area contributed by atoms with E-state index < -0.39 is 10.4 Å². The molecule has 3 unspecified atom stereocenters. The van der Waals surface area contributed by atoms with Crippen LogP contribution in [0.5, 0.6) is 0 Å². The van der Waals surface area contributed by atoms with Gasteiger partial charge in [0.2, 0.25) is 0 Å². The molecule has 3 aromatic rings. The Hall–Kier alpha value is -2.18. The average molecular weight is 628 g/mol. The number of hydrogen-bond acceptors (Lipinski definition) is 6. The van der Waals surface area contributed by atoms with Gasteiger partial charge in [0, 0.05) is 0 Å². The van der Waals surface area contributed by atoms with E-state index in [1.54, 1.807) is 0 Å². The predicted molar refractivity (Wildman–Crippen MR) is 162 cm³/mol. The van der Waals surface area contributed by atoms with Crippen LogP contribution < -0.4 is 4.46 Å². The number of rotatable bonds is 14. The molecule has 0 spiro atoms. The van der Waals surface area contributed by atoms with Gasteiger partial charge in [0.05, 0.1) is 0 Å². The van der Waals surface area contributed by atoms with Gasteiger partial charge in [-0.25, -0.2) is 0 Å². The summed E-state index contributed by atoms with van der Waals surface area (Å²) >= 11 is 3.38. The standard InChI is InChI=1S/C32H36O4S2Se/c1-3-4-14-25-23-32(31(34)36-25,39-28-19-12-7-13-20-28)29(35-24(2)33)21-22-30(37-26-15-8-5-9-16-26)38-27-17-10-6-11-18-27/h5-13,15-20,25,29-30H,3-4,14,21-23H2,1-2H3. The quantitative estimate of drug-likeness (QED) is 0.0809. The molecule has 3 aromatic carbocycles. The first-order valence-corrected chi connectivity index (χ1v) is 17.0. The Labute approximate surface area is 247 Å². The van der Waals surface area contributed by atoms with Crippen LogP contribution in [0.1, 0.15) is 52.4 Å². The van der Waals surface area contributed by atoms with E-state index in [0.717, 1.165) is 30.1 Å². The van der Waals surface area contributed by atoms with Gasteiger partial charge >= 0.3 is 248 Å². The minimum atomic E-state index is -0.836. The Morgan fingerprint density at radius 3 is 2.05 bits per heavy atom. The fourth-order valence-electron chi connectivity index (χ4n) is 4.74. The second-order valence-corrected chi connectivity index (χ2v) is 15.4. The van der Waals surface area contributed by atoms with Crippen LogP contribution in [0, 0.1) is 0 Å². The number of carbonyl (C=O) groups is 2. The van der Waals surface area contributed by atoms with Gasteiger partial charge in [0.15, 0.2) is 0 Å². The van der Waals surface area contributed by atoms with E-state index in [9.17, 15) is 9.59 Å². The molecule has 0 amide bonds. The molecule has 4 nitrogen and oxygen atoms in total. The van der Waals surface area contributed by atoms with Crippen molar-refractivity contribution in [3.8, 4) is 0 Å². The van der Waals surface area contributed by atoms with Gasteiger partial charge in [-0.1, -0.05) is 0 Å². The van der Waals surface area contributed by atoms with Crippen molar-refractivity contribution in [3.63, 3.8) is 0 Å². The molecule has 4 rings (SSSR count). The van der Waals surface area contributed by atoms with Crippen LogP contribution in [0.3, 0.4) is 0 Å². The van der Waals surface area contributed by atoms with Gasteiger partial charge in [-0.05, 0) is 0 Å². The van der Waals surface area contributed by atoms with Crippen molar-refractivity contribution in [2.24, 2.45) is 0 Å². The molecule has 7 heteroatoms. The second kappa shape index (κ2) is 15.0. The molecule has 0 aromatic heterocycles. The molecule has 1 heterocycles. The Morgan fingerprint density at radius 1 is 0.949 bits per heavy atom. The summed E-state index contributed by atoms with van der Waals surface area (Å²) in [6.07, 6.45) is 4.20. The van der Waals surface area contributed by atoms with Crippen LogP contribution in [0.25, 0.3) is 0 Å². The number of benzene rings is 3. The number of esters is 2. The zero-order valence-corrected chi connectivity index (χ0v) is 25.8. The Kier molecular flexibility index (Phi) is 11.5. The van der Waals surface area contributed by atoms with E-state index >= 15 is 0 Å². The monoisotopic (exact) mass is 628 g/mol. The summed E-state index contributed by atoms with van der Waals surface area (Å²) in [4.78, 5) is 28.5. The molecule has 0 aliphatic carbocycles. The number of hydrogen-bond donors (Lipinski definition) is 0. The summed E-state index contributed by atoms with van der Waals surface area (Å²) in [5.41, 5.74) is 0. The van der Waals surface area contributed by atoms with Crippen molar-refractivity contribution < 1.29 is 19.1 Å². The average Bonchev–Trinajstić information content (AvgIpc) is 3.26. The van der Waals surface area contributed by atoms with Gasteiger partial charge in [0.25, 0.3) is 0 Å². The molecule has 1 saturated heterocycles. The first-order chi connectivity index (χ1) is 19.0. The first-order valence-electron chi connectivity index (χ1n) is 13.5. The van der Waals surface area contributed by atoms with Crippen LogP contribution in [0.4, 0.5) is 0 Å². The molecule has 39 heavy (non-hydrogen) atoms. The molecule has 0 bridgehead atoms. The summed E-state index contributed by atoms with van der Waals surface area (Å²) in [5, 5.41) is 0. The summed E-state index contributed by atoms with van der Waals surface area (Å²) in [6, 6.07) is 30.9. The van der Waals surface area contributed by atoms with Crippen molar-refractivity contribution in [1.29, 1.82) is 0 Å². The van der Waals surface area contributed by atoms with Crippen LogP contribution in [-0.4, -0.2) is 43.7 Å². The van der Waals surface area contributed by atoms with Gasteiger partial charge in [0.1, 0.15) is 0 Å². The van der Waals surface area contributed by atoms with Crippen molar-refractivity contribution >= 4 is 54.9 Å². The molecule has 1 fully saturated rings. The van der Waals surface area contributed by atoms with Crippen molar-refractivity contribution in [2.75, 3.05) is 0 Å². The fraction of sp³-hybridized carbons (Fsp3) is 0.375. The van der Waals surface area contributed by atoms with Crippen LogP contribution in [-0.2, 0) is 19.1 Å². The van der Waals surface area contributed by atoms with Crippen LogP contribution in [0.2, 0.25) is 4.31 Å². The first kappa shape index (κ1) is 29.8. The van der Waals surface area contributed by atoms with Crippen molar-refractivity contribution in [3.05, 3.63) is 91.0 Å². The molecular formula is C32H36O4S2Se. The summed E-state index contributed by atoms with van der Waals surface area (Å²) in [6.45, 7) is 3.59. The number of ether oxygens (including phenoxy) is 2. The van der Waals surface area contributed by atoms with E-state index in [1.165, 1.54) is 16.7 Å². The molecule has 0 radical (unpaired) electrons. The summed E-state index contributed by atoms with van der Waals surface area (Å²) in [5.74, 6) is -0.558. The third-order valence-electron chi connectivity index (χ3n) is 6.59. The van der Waals surface area contributed by atoms with E-state index in [1.807, 2.05) is 53.9 Å². The topological polar surface area (TPSA) is 52.6 Å².